The maximum atomic E-state index is 11.6. The van der Waals surface area contributed by atoms with E-state index >= 15 is 0 Å². The Morgan fingerprint density at radius 3 is 1.25 bits per heavy atom. The van der Waals surface area contributed by atoms with E-state index in [1.54, 1.807) is 42.5 Å². The highest BCUT2D eigenvalue weighted by Gasteiger charge is 2.26. The Bertz CT molecular complexity index is 1740. The van der Waals surface area contributed by atoms with Gasteiger partial charge in [-0.05, 0) is 34.7 Å². The third-order valence-corrected chi connectivity index (χ3v) is 6.83. The summed E-state index contributed by atoms with van der Waals surface area (Å²) in [5, 5.41) is 20.3. The number of ether oxygens (including phenoxy) is 4. The molecular weight excluding hydrogens is 762 g/mol. The highest BCUT2D eigenvalue weighted by atomic mass is 35.5. The van der Waals surface area contributed by atoms with E-state index in [4.69, 9.17) is 15.9 Å². The van der Waals surface area contributed by atoms with Gasteiger partial charge in [0, 0.05) is 12.8 Å². The smallest absolute Gasteiger partial charge is 0.396 e. The number of hydrogen-bond donors (Lipinski definition) is 5. The van der Waals surface area contributed by atoms with Crippen molar-refractivity contribution >= 4 is 64.5 Å². The Morgan fingerprint density at radius 1 is 0.554 bits per heavy atom. The van der Waals surface area contributed by atoms with Crippen LogP contribution in [0.1, 0.15) is 16.7 Å². The molecule has 2 amide bonds. The van der Waals surface area contributed by atoms with Crippen molar-refractivity contribution in [2.24, 2.45) is 5.73 Å². The number of benzene rings is 3. The zero-order valence-electron chi connectivity index (χ0n) is 30.7. The fourth-order valence-corrected chi connectivity index (χ4v) is 4.03. The molecule has 0 saturated carbocycles. The van der Waals surface area contributed by atoms with Gasteiger partial charge in [0.1, 0.15) is 18.1 Å². The molecular formula is C37H42ClN3O15. The molecule has 0 aromatic heterocycles. The van der Waals surface area contributed by atoms with Crippen molar-refractivity contribution in [3.63, 3.8) is 0 Å². The van der Waals surface area contributed by atoms with Crippen LogP contribution < -0.4 is 16.4 Å². The second kappa shape index (κ2) is 27.9. The zero-order chi connectivity index (χ0) is 42.6. The lowest BCUT2D eigenvalue weighted by Crippen LogP contribution is -2.46. The predicted molar refractivity (Wildman–Crippen MR) is 196 cm³/mol. The second-order valence-corrected chi connectivity index (χ2v) is 11.0. The Hall–Kier alpha value is -6.66. The molecule has 3 aromatic rings. The number of nitrogens with two attached hydrogens (primary N) is 1. The van der Waals surface area contributed by atoms with Crippen molar-refractivity contribution in [2.75, 3.05) is 28.4 Å². The summed E-state index contributed by atoms with van der Waals surface area (Å²) < 4.78 is 17.3. The average Bonchev–Trinajstić information content (AvgIpc) is 3.20. The summed E-state index contributed by atoms with van der Waals surface area (Å²) in [6.07, 6.45) is 0.791. The molecule has 3 rings (SSSR count). The van der Waals surface area contributed by atoms with E-state index in [0.29, 0.717) is 12.0 Å². The van der Waals surface area contributed by atoms with Crippen molar-refractivity contribution in [3.8, 4) is 0 Å². The average molecular weight is 804 g/mol. The van der Waals surface area contributed by atoms with Crippen LogP contribution in [0.15, 0.2) is 91.0 Å². The molecule has 3 aromatic carbocycles. The van der Waals surface area contributed by atoms with Gasteiger partial charge in [0.05, 0.1) is 28.4 Å². The molecule has 0 fully saturated rings. The number of aliphatic carboxylic acids is 2. The fraction of sp³-hybridized carbons (Fsp3) is 0.270. The molecule has 0 aliphatic heterocycles. The number of carboxylic acid groups (broad SMARTS) is 2. The van der Waals surface area contributed by atoms with E-state index < -0.39 is 65.0 Å². The van der Waals surface area contributed by atoms with Crippen LogP contribution in [0.2, 0.25) is 0 Å². The summed E-state index contributed by atoms with van der Waals surface area (Å²) in [6.45, 7) is 0. The van der Waals surface area contributed by atoms with Gasteiger partial charge in [-0.3, -0.25) is 19.2 Å². The first-order valence-electron chi connectivity index (χ1n) is 16.0. The number of hydrogen-bond acceptors (Lipinski definition) is 14. The minimum Gasteiger partial charge on any atom is -0.480 e. The number of rotatable bonds is 12. The first-order valence-corrected chi connectivity index (χ1v) is 16.3. The van der Waals surface area contributed by atoms with E-state index in [0.717, 1.165) is 25.3 Å². The second-order valence-electron chi connectivity index (χ2n) is 10.7. The molecule has 302 valence electrons. The van der Waals surface area contributed by atoms with E-state index in [2.05, 4.69) is 35.9 Å². The van der Waals surface area contributed by atoms with E-state index in [-0.39, 0.29) is 18.8 Å². The van der Waals surface area contributed by atoms with E-state index in [1.165, 1.54) is 14.2 Å². The number of carboxylic acids is 2. The van der Waals surface area contributed by atoms with E-state index in [9.17, 15) is 43.2 Å². The van der Waals surface area contributed by atoms with Crippen LogP contribution >= 0.6 is 11.6 Å². The molecule has 6 N–H and O–H groups in total. The minimum absolute atomic E-state index is 0.0369. The van der Waals surface area contributed by atoms with Crippen molar-refractivity contribution in [1.29, 1.82) is 0 Å². The molecule has 0 bridgehead atoms. The molecule has 19 heteroatoms. The normalized spacial score (nSPS) is 11.1. The van der Waals surface area contributed by atoms with Crippen LogP contribution in [0.4, 0.5) is 0 Å². The van der Waals surface area contributed by atoms with Crippen LogP contribution in [0, 0.1) is 0 Å². The molecule has 0 aliphatic rings. The van der Waals surface area contributed by atoms with Crippen LogP contribution in [0.3, 0.4) is 0 Å². The number of methoxy groups -OCH3 is 4. The van der Waals surface area contributed by atoms with Crippen molar-refractivity contribution in [2.45, 2.75) is 37.4 Å². The van der Waals surface area contributed by atoms with Crippen molar-refractivity contribution in [1.82, 2.24) is 10.6 Å². The molecule has 0 aliphatic carbocycles. The number of halogens is 1. The van der Waals surface area contributed by atoms with Crippen molar-refractivity contribution in [3.05, 3.63) is 108 Å². The van der Waals surface area contributed by atoms with Gasteiger partial charge < -0.3 is 45.5 Å². The lowest BCUT2D eigenvalue weighted by molar-refractivity contribution is -0.154. The van der Waals surface area contributed by atoms with Gasteiger partial charge in [-0.1, -0.05) is 91.0 Å². The summed E-state index contributed by atoms with van der Waals surface area (Å²) >= 11 is 4.61. The van der Waals surface area contributed by atoms with Crippen molar-refractivity contribution < 1.29 is 72.3 Å². The fourth-order valence-electron chi connectivity index (χ4n) is 3.95. The van der Waals surface area contributed by atoms with Gasteiger partial charge in [0.25, 0.3) is 0 Å². The molecule has 18 nitrogen and oxygen atoms in total. The van der Waals surface area contributed by atoms with E-state index in [1.807, 2.05) is 53.8 Å². The van der Waals surface area contributed by atoms with Crippen LogP contribution in [-0.4, -0.2) is 110 Å². The number of carbonyl (C=O) groups excluding carboxylic acids is 7. The Morgan fingerprint density at radius 2 is 0.929 bits per heavy atom. The third kappa shape index (κ3) is 21.1. The summed E-state index contributed by atoms with van der Waals surface area (Å²) in [7, 11) is 4.73. The minimum atomic E-state index is -1.70. The number of carbonyl (C=O) groups is 9. The maximum absolute atomic E-state index is 11.6. The summed E-state index contributed by atoms with van der Waals surface area (Å²) in [6, 6.07) is 24.6. The summed E-state index contributed by atoms with van der Waals surface area (Å²) in [5.41, 5.74) is 8.16. The van der Waals surface area contributed by atoms with Crippen LogP contribution in [0.5, 0.6) is 0 Å². The Balaban J connectivity index is 0.000000756. The summed E-state index contributed by atoms with van der Waals surface area (Å²) in [4.78, 5) is 96.5. The predicted octanol–water partition coefficient (Wildman–Crippen LogP) is 0.597. The van der Waals surface area contributed by atoms with Gasteiger partial charge in [-0.25, -0.2) is 24.0 Å². The van der Waals surface area contributed by atoms with Gasteiger partial charge in [0.15, 0.2) is 0 Å². The van der Waals surface area contributed by atoms with Gasteiger partial charge >= 0.3 is 52.9 Å². The Labute approximate surface area is 326 Å². The van der Waals surface area contributed by atoms with Gasteiger partial charge in [-0.15, -0.1) is 0 Å². The first-order chi connectivity index (χ1) is 26.5. The largest absolute Gasteiger partial charge is 0.480 e. The molecule has 0 heterocycles. The molecule has 0 saturated heterocycles. The lowest BCUT2D eigenvalue weighted by atomic mass is 10.1. The standard InChI is InChI=1S/C13H15NO5.C11H11NO5.C10H13NO2.C3H3ClO3/c1-18-12(16)10(14-11(15)13(17)19-2)8-9-6-4-3-5-7-9;13-9(11(16)17)12-8(10(14)15)6-7-4-2-1-3-5-7;1-13-10(12)9(11)7-8-5-3-2-4-6-8;1-7-3(6)2(4)5/h3-7,10H,8H2,1-2H3,(H,14,15);1-5,8H,6H2,(H,12,13)(H,14,15)(H,16,17);2-6,9H,7,11H2,1H3;1H3. The number of amides is 2. The third-order valence-electron chi connectivity index (χ3n) is 6.67. The molecule has 0 radical (unpaired) electrons. The number of nitrogens with one attached hydrogen (secondary N) is 2. The molecule has 3 unspecified atom stereocenters. The monoisotopic (exact) mass is 803 g/mol. The van der Waals surface area contributed by atoms with Gasteiger partial charge in [0.2, 0.25) is 0 Å². The lowest BCUT2D eigenvalue weighted by Gasteiger charge is -2.15. The molecule has 3 atom stereocenters. The summed E-state index contributed by atoms with van der Waals surface area (Å²) in [5.74, 6) is -8.36. The Kier molecular flexibility index (Phi) is 24.6. The van der Waals surface area contributed by atoms with Crippen LogP contribution in [-0.2, 0) is 81.4 Å². The molecule has 56 heavy (non-hydrogen) atoms. The highest BCUT2D eigenvalue weighted by molar-refractivity contribution is 6.80. The maximum Gasteiger partial charge on any atom is 0.396 e. The highest BCUT2D eigenvalue weighted by Crippen LogP contribution is 2.06. The number of esters is 4. The first kappa shape index (κ1) is 49.3. The topological polar surface area (TPSA) is 281 Å². The van der Waals surface area contributed by atoms with Crippen LogP contribution in [0.25, 0.3) is 0 Å². The van der Waals surface area contributed by atoms with Gasteiger partial charge in [-0.2, -0.15) is 0 Å². The molecule has 0 spiro atoms. The zero-order valence-corrected chi connectivity index (χ0v) is 31.4. The quantitative estimate of drug-likeness (QED) is 0.0725. The SMILES string of the molecule is COC(=O)C(=O)Cl.COC(=O)C(=O)NC(Cc1ccccc1)C(=O)OC.COC(=O)C(N)Cc1ccccc1.O=C(O)C(=O)NC(Cc1ccccc1)C(=O)O.